The zero-order valence-corrected chi connectivity index (χ0v) is 14.1. The number of rotatable bonds is 6. The summed E-state index contributed by atoms with van der Waals surface area (Å²) in [7, 11) is -3.55. The van der Waals surface area contributed by atoms with Crippen molar-refractivity contribution in [2.75, 3.05) is 19.6 Å². The highest BCUT2D eigenvalue weighted by molar-refractivity contribution is 7.87. The fourth-order valence-corrected chi connectivity index (χ4v) is 3.61. The van der Waals surface area contributed by atoms with Crippen molar-refractivity contribution in [3.05, 3.63) is 35.9 Å². The van der Waals surface area contributed by atoms with Gasteiger partial charge < -0.3 is 10.2 Å². The van der Waals surface area contributed by atoms with Crippen molar-refractivity contribution in [1.82, 2.24) is 19.7 Å². The largest absolute Gasteiger partial charge is 0.338 e. The van der Waals surface area contributed by atoms with Crippen molar-refractivity contribution in [2.45, 2.75) is 32.4 Å². The van der Waals surface area contributed by atoms with E-state index in [1.165, 1.54) is 0 Å². The van der Waals surface area contributed by atoms with Gasteiger partial charge in [0.2, 0.25) is 0 Å². The second kappa shape index (κ2) is 8.28. The lowest BCUT2D eigenvalue weighted by atomic mass is 10.1. The molecule has 0 aromatic heterocycles. The fourth-order valence-electron chi connectivity index (χ4n) is 2.50. The molecule has 1 heterocycles. The van der Waals surface area contributed by atoms with Crippen molar-refractivity contribution < 1.29 is 13.2 Å². The standard InChI is InChI=1S/C15H24N4O3S/c1-2-16-15(20)19-10-8-14(9-11-19)18-23(21,22)17-12-13-6-4-3-5-7-13/h3-7,14,17-18H,2,8-12H2,1H3,(H,16,20). The molecule has 1 aliphatic rings. The predicted octanol–water partition coefficient (Wildman–Crippen LogP) is 0.805. The van der Waals surface area contributed by atoms with Crippen molar-refractivity contribution in [1.29, 1.82) is 0 Å². The zero-order chi connectivity index (χ0) is 16.7. The Bertz CT molecular complexity index is 598. The number of likely N-dealkylation sites (tertiary alicyclic amines) is 1. The van der Waals surface area contributed by atoms with E-state index < -0.39 is 10.2 Å². The molecule has 0 aliphatic carbocycles. The number of carbonyl (C=O) groups excluding carboxylic acids is 1. The van der Waals surface area contributed by atoms with Crippen LogP contribution in [0.1, 0.15) is 25.3 Å². The Morgan fingerprint density at radius 3 is 2.48 bits per heavy atom. The van der Waals surface area contributed by atoms with Gasteiger partial charge in [0.1, 0.15) is 0 Å². The van der Waals surface area contributed by atoms with Crippen LogP contribution in [-0.4, -0.2) is 45.0 Å². The maximum absolute atomic E-state index is 12.1. The van der Waals surface area contributed by atoms with E-state index in [-0.39, 0.29) is 18.6 Å². The van der Waals surface area contributed by atoms with Gasteiger partial charge in [0.15, 0.2) is 0 Å². The quantitative estimate of drug-likeness (QED) is 0.715. The Kier molecular flexibility index (Phi) is 6.37. The molecule has 0 atom stereocenters. The van der Waals surface area contributed by atoms with Gasteiger partial charge in [-0.2, -0.15) is 17.9 Å². The predicted molar refractivity (Wildman–Crippen MR) is 89.0 cm³/mol. The zero-order valence-electron chi connectivity index (χ0n) is 13.3. The molecule has 0 bridgehead atoms. The lowest BCUT2D eigenvalue weighted by Gasteiger charge is -2.32. The Balaban J connectivity index is 1.77. The summed E-state index contributed by atoms with van der Waals surface area (Å²) in [5, 5.41) is 2.75. The van der Waals surface area contributed by atoms with Crippen molar-refractivity contribution >= 4 is 16.2 Å². The lowest BCUT2D eigenvalue weighted by molar-refractivity contribution is 0.180. The van der Waals surface area contributed by atoms with Gasteiger partial charge in [0.25, 0.3) is 10.2 Å². The van der Waals surface area contributed by atoms with Crippen LogP contribution in [0, 0.1) is 0 Å². The van der Waals surface area contributed by atoms with Crippen molar-refractivity contribution in [3.8, 4) is 0 Å². The average Bonchev–Trinajstić information content (AvgIpc) is 2.55. The van der Waals surface area contributed by atoms with Gasteiger partial charge in [-0.05, 0) is 25.3 Å². The second-order valence-corrected chi connectivity index (χ2v) is 7.06. The van der Waals surface area contributed by atoms with Crippen LogP contribution >= 0.6 is 0 Å². The number of piperidine rings is 1. The summed E-state index contributed by atoms with van der Waals surface area (Å²) in [6, 6.07) is 9.13. The Morgan fingerprint density at radius 2 is 1.87 bits per heavy atom. The first-order chi connectivity index (χ1) is 11.0. The van der Waals surface area contributed by atoms with E-state index in [2.05, 4.69) is 14.8 Å². The summed E-state index contributed by atoms with van der Waals surface area (Å²) in [5.41, 5.74) is 0.906. The van der Waals surface area contributed by atoms with E-state index in [9.17, 15) is 13.2 Å². The minimum absolute atomic E-state index is 0.0870. The van der Waals surface area contributed by atoms with E-state index in [1.54, 1.807) is 4.90 Å². The van der Waals surface area contributed by atoms with Gasteiger partial charge >= 0.3 is 6.03 Å². The molecule has 2 rings (SSSR count). The number of hydrogen-bond donors (Lipinski definition) is 3. The van der Waals surface area contributed by atoms with Gasteiger partial charge in [-0.15, -0.1) is 0 Å². The summed E-state index contributed by atoms with van der Waals surface area (Å²) in [6.45, 7) is 3.83. The van der Waals surface area contributed by atoms with E-state index in [4.69, 9.17) is 0 Å². The Morgan fingerprint density at radius 1 is 1.22 bits per heavy atom. The molecule has 128 valence electrons. The number of urea groups is 1. The molecular formula is C15H24N4O3S. The van der Waals surface area contributed by atoms with Crippen LogP contribution in [0.25, 0.3) is 0 Å². The number of benzene rings is 1. The minimum Gasteiger partial charge on any atom is -0.338 e. The third-order valence-electron chi connectivity index (χ3n) is 3.74. The number of hydrogen-bond acceptors (Lipinski definition) is 3. The van der Waals surface area contributed by atoms with Crippen LogP contribution in [0.3, 0.4) is 0 Å². The molecule has 0 unspecified atom stereocenters. The Labute approximate surface area is 137 Å². The number of amides is 2. The highest BCUT2D eigenvalue weighted by Gasteiger charge is 2.25. The fraction of sp³-hybridized carbons (Fsp3) is 0.533. The molecule has 1 aromatic rings. The molecule has 7 nitrogen and oxygen atoms in total. The van der Waals surface area contributed by atoms with Crippen LogP contribution in [0.5, 0.6) is 0 Å². The molecular weight excluding hydrogens is 316 g/mol. The van der Waals surface area contributed by atoms with Crippen LogP contribution < -0.4 is 14.8 Å². The molecule has 1 aliphatic heterocycles. The third kappa shape index (κ3) is 5.81. The van der Waals surface area contributed by atoms with Gasteiger partial charge in [-0.3, -0.25) is 0 Å². The second-order valence-electron chi connectivity index (χ2n) is 5.52. The number of nitrogens with one attached hydrogen (secondary N) is 3. The van der Waals surface area contributed by atoms with Crippen LogP contribution in [0.2, 0.25) is 0 Å². The molecule has 1 saturated heterocycles. The van der Waals surface area contributed by atoms with Gasteiger partial charge in [-0.1, -0.05) is 30.3 Å². The monoisotopic (exact) mass is 340 g/mol. The summed E-state index contributed by atoms with van der Waals surface area (Å²) < 4.78 is 29.4. The molecule has 23 heavy (non-hydrogen) atoms. The van der Waals surface area contributed by atoms with Crippen molar-refractivity contribution in [3.63, 3.8) is 0 Å². The minimum atomic E-state index is -3.55. The molecule has 0 spiro atoms. The van der Waals surface area contributed by atoms with Gasteiger partial charge in [0.05, 0.1) is 0 Å². The van der Waals surface area contributed by atoms with E-state index in [1.807, 2.05) is 37.3 Å². The maximum atomic E-state index is 12.1. The van der Waals surface area contributed by atoms with Crippen LogP contribution in [-0.2, 0) is 16.8 Å². The summed E-state index contributed by atoms with van der Waals surface area (Å²) in [5.74, 6) is 0. The Hall–Kier alpha value is -1.64. The van der Waals surface area contributed by atoms with E-state index >= 15 is 0 Å². The van der Waals surface area contributed by atoms with E-state index in [0.717, 1.165) is 5.56 Å². The number of carbonyl (C=O) groups is 1. The third-order valence-corrected chi connectivity index (χ3v) is 4.91. The number of nitrogens with zero attached hydrogens (tertiary/aromatic N) is 1. The van der Waals surface area contributed by atoms with Gasteiger partial charge in [0, 0.05) is 32.2 Å². The average molecular weight is 340 g/mol. The summed E-state index contributed by atoms with van der Waals surface area (Å²) in [6.07, 6.45) is 1.23. The lowest BCUT2D eigenvalue weighted by Crippen LogP contribution is -2.51. The SMILES string of the molecule is CCNC(=O)N1CCC(NS(=O)(=O)NCc2ccccc2)CC1. The summed E-state index contributed by atoms with van der Waals surface area (Å²) in [4.78, 5) is 13.4. The molecule has 8 heteroatoms. The first-order valence-corrected chi connectivity index (χ1v) is 9.32. The molecule has 1 fully saturated rings. The smallest absolute Gasteiger partial charge is 0.317 e. The molecule has 1 aromatic carbocycles. The molecule has 3 N–H and O–H groups in total. The van der Waals surface area contributed by atoms with Crippen LogP contribution in [0.4, 0.5) is 4.79 Å². The molecule has 2 amide bonds. The topological polar surface area (TPSA) is 90.5 Å². The molecule has 0 saturated carbocycles. The maximum Gasteiger partial charge on any atom is 0.317 e. The highest BCUT2D eigenvalue weighted by Crippen LogP contribution is 2.11. The van der Waals surface area contributed by atoms with Gasteiger partial charge in [-0.25, -0.2) is 4.79 Å². The first kappa shape index (κ1) is 17.7. The van der Waals surface area contributed by atoms with E-state index in [0.29, 0.717) is 32.5 Å². The normalized spacial score (nSPS) is 16.3. The first-order valence-electron chi connectivity index (χ1n) is 7.84. The summed E-state index contributed by atoms with van der Waals surface area (Å²) >= 11 is 0. The van der Waals surface area contributed by atoms with Crippen molar-refractivity contribution in [2.24, 2.45) is 0 Å². The molecule has 0 radical (unpaired) electrons. The highest BCUT2D eigenvalue weighted by atomic mass is 32.2. The van der Waals surface area contributed by atoms with Crippen LogP contribution in [0.15, 0.2) is 30.3 Å².